The molecule has 3 aliphatic rings. The highest BCUT2D eigenvalue weighted by Gasteiger charge is 2.74. The lowest BCUT2D eigenvalue weighted by atomic mass is 9.47. The van der Waals surface area contributed by atoms with Crippen LogP contribution in [0, 0.1) is 16.7 Å². The smallest absolute Gasteiger partial charge is 0.418 e. The van der Waals surface area contributed by atoms with Gasteiger partial charge in [0.15, 0.2) is 22.7 Å². The fourth-order valence-electron chi connectivity index (χ4n) is 7.51. The van der Waals surface area contributed by atoms with Gasteiger partial charge in [-0.05, 0) is 56.8 Å². The molecule has 15 nitrogen and oxygen atoms in total. The van der Waals surface area contributed by atoms with Crippen molar-refractivity contribution in [2.45, 2.75) is 36.1 Å². The first kappa shape index (κ1) is 36.9. The summed E-state index contributed by atoms with van der Waals surface area (Å²) in [7, 11) is 5.87. The Kier molecular flexibility index (Phi) is 8.59. The topological polar surface area (TPSA) is 261 Å². The van der Waals surface area contributed by atoms with Crippen LogP contribution in [0.5, 0.6) is 5.75 Å². The number of likely N-dealkylation sites (N-methyl/N-ethyl adjacent to an activating group) is 1. The van der Waals surface area contributed by atoms with Gasteiger partial charge in [-0.25, -0.2) is 4.79 Å². The number of alkyl halides is 3. The third kappa shape index (κ3) is 5.23. The van der Waals surface area contributed by atoms with Crippen LogP contribution in [0.15, 0.2) is 41.2 Å². The molecule has 19 heteroatoms. The largest absolute Gasteiger partial charge is 0.509 e. The van der Waals surface area contributed by atoms with Crippen LogP contribution in [0.2, 0.25) is 5.02 Å². The molecule has 1 saturated carbocycles. The van der Waals surface area contributed by atoms with E-state index < -0.39 is 110 Å². The molecule has 3 amide bonds. The SMILES string of the molecule is CN(C)c1cc(NC(=O)Nc2ccc(Cl)cc2C(F)(F)F)c(O)c2c1C[C@@]1(N)C[C@@]3(N)[C@H](N(C)C)C(=O)C(C(N)=O)=C(O)[C@@]3(C#N)C(=O)C1=C2O. The van der Waals surface area contributed by atoms with Crippen LogP contribution in [-0.2, 0) is 27.0 Å². The number of nitrogens with one attached hydrogen (secondary N) is 2. The van der Waals surface area contributed by atoms with Crippen LogP contribution in [0.25, 0.3) is 5.76 Å². The number of benzene rings is 2. The number of aliphatic hydroxyl groups is 2. The second-order valence-corrected chi connectivity index (χ2v) is 13.5. The summed E-state index contributed by atoms with van der Waals surface area (Å²) in [5.74, 6) is -7.07. The maximum absolute atomic E-state index is 14.6. The Morgan fingerprint density at radius 3 is 2.20 bits per heavy atom. The average molecular weight is 733 g/mol. The van der Waals surface area contributed by atoms with E-state index in [2.05, 4.69) is 5.32 Å². The molecule has 0 saturated heterocycles. The number of hydrogen-bond donors (Lipinski definition) is 8. The molecule has 0 heterocycles. The monoisotopic (exact) mass is 732 g/mol. The van der Waals surface area contributed by atoms with Crippen LogP contribution < -0.4 is 32.7 Å². The molecule has 5 rings (SSSR count). The zero-order valence-corrected chi connectivity index (χ0v) is 28.1. The number of aliphatic hydroxyl groups excluding tert-OH is 2. The summed E-state index contributed by atoms with van der Waals surface area (Å²) in [6.07, 6.45) is -5.88. The van der Waals surface area contributed by atoms with Crippen LogP contribution in [-0.4, -0.2) is 89.0 Å². The van der Waals surface area contributed by atoms with E-state index in [1.807, 2.05) is 5.32 Å². The first-order valence-electron chi connectivity index (χ1n) is 14.9. The van der Waals surface area contributed by atoms with Gasteiger partial charge in [-0.1, -0.05) is 11.6 Å². The number of urea groups is 1. The van der Waals surface area contributed by atoms with Gasteiger partial charge >= 0.3 is 12.2 Å². The molecule has 0 aromatic heterocycles. The second kappa shape index (κ2) is 11.9. The van der Waals surface area contributed by atoms with Gasteiger partial charge in [0, 0.05) is 24.8 Å². The lowest BCUT2D eigenvalue weighted by Gasteiger charge is -2.58. The summed E-state index contributed by atoms with van der Waals surface area (Å²) in [4.78, 5) is 56.4. The van der Waals surface area contributed by atoms with Gasteiger partial charge in [0.2, 0.25) is 0 Å². The molecule has 1 fully saturated rings. The van der Waals surface area contributed by atoms with E-state index in [1.54, 1.807) is 20.2 Å². The van der Waals surface area contributed by atoms with Gasteiger partial charge in [-0.15, -0.1) is 0 Å². The number of aromatic hydroxyl groups is 1. The van der Waals surface area contributed by atoms with Crippen molar-refractivity contribution in [2.24, 2.45) is 22.6 Å². The lowest BCUT2D eigenvalue weighted by Crippen LogP contribution is -2.80. The number of amides is 3. The van der Waals surface area contributed by atoms with Crippen molar-refractivity contribution in [3.8, 4) is 11.8 Å². The number of fused-ring (bicyclic) bond motifs is 3. The van der Waals surface area contributed by atoms with Crippen LogP contribution >= 0.6 is 11.6 Å². The predicted octanol–water partition coefficient (Wildman–Crippen LogP) is 2.29. The number of ketones is 2. The maximum atomic E-state index is 14.6. The highest BCUT2D eigenvalue weighted by atomic mass is 35.5. The molecular formula is C32H32ClF3N8O7. The highest BCUT2D eigenvalue weighted by Crippen LogP contribution is 2.59. The molecule has 3 aliphatic carbocycles. The standard InChI is InChI=1S/C32H32ClF3N8O7/c1-43(2)17-8-16(42-28(51)41-15-6-5-12(33)7-14(15)32(34,35)36)21(45)18-13(17)9-29(39)10-31(40)24(44(3)4)23(47)19(27(38)50)25(48)30(31,11-37)26(49)20(29)22(18)46/h5-8,24,45-46,48H,9-10,39-40H2,1-4H3,(H2,38,50)(H2,41,42,51)/t24-,29-,30+,31-/m1/s1. The zero-order valence-electron chi connectivity index (χ0n) is 27.4. The van der Waals surface area contributed by atoms with Crippen LogP contribution in [0.4, 0.5) is 35.0 Å². The molecular weight excluding hydrogens is 701 g/mol. The molecule has 51 heavy (non-hydrogen) atoms. The number of phenolic OH excluding ortho intramolecular Hbond substituents is 1. The number of anilines is 3. The van der Waals surface area contributed by atoms with Gasteiger partial charge in [0.1, 0.15) is 17.1 Å². The number of nitrogens with zero attached hydrogens (tertiary/aromatic N) is 3. The Morgan fingerprint density at radius 2 is 1.67 bits per heavy atom. The molecule has 0 aliphatic heterocycles. The van der Waals surface area contributed by atoms with E-state index in [4.69, 9.17) is 28.8 Å². The van der Waals surface area contributed by atoms with Crippen molar-refractivity contribution in [3.05, 3.63) is 62.9 Å². The molecule has 0 radical (unpaired) electrons. The minimum atomic E-state index is -4.90. The molecule has 0 bridgehead atoms. The Hall–Kier alpha value is -5.35. The van der Waals surface area contributed by atoms with Crippen molar-refractivity contribution < 1.29 is 47.7 Å². The molecule has 4 atom stereocenters. The van der Waals surface area contributed by atoms with Crippen molar-refractivity contribution >= 4 is 57.9 Å². The van der Waals surface area contributed by atoms with E-state index in [-0.39, 0.29) is 22.7 Å². The fraction of sp³-hybridized carbons (Fsp3) is 0.344. The van der Waals surface area contributed by atoms with Crippen LogP contribution in [0.3, 0.4) is 0 Å². The molecule has 270 valence electrons. The van der Waals surface area contributed by atoms with E-state index in [0.717, 1.165) is 12.1 Å². The third-order valence-corrected chi connectivity index (χ3v) is 9.73. The van der Waals surface area contributed by atoms with Gasteiger partial charge in [0.05, 0.1) is 51.3 Å². The summed E-state index contributed by atoms with van der Waals surface area (Å²) in [5, 5.41) is 49.3. The quantitative estimate of drug-likeness (QED) is 0.163. The summed E-state index contributed by atoms with van der Waals surface area (Å²) in [5.41, 5.74) is 7.71. The van der Waals surface area contributed by atoms with Gasteiger partial charge < -0.3 is 48.1 Å². The fourth-order valence-corrected chi connectivity index (χ4v) is 7.68. The highest BCUT2D eigenvalue weighted by molar-refractivity contribution is 6.30. The predicted molar refractivity (Wildman–Crippen MR) is 178 cm³/mol. The van der Waals surface area contributed by atoms with Crippen molar-refractivity contribution in [3.63, 3.8) is 0 Å². The zero-order chi connectivity index (χ0) is 38.3. The number of rotatable bonds is 5. The number of primary amides is 1. The number of Topliss-reactive ketones (excluding diaryl/α,β-unsaturated/α-hetero) is 2. The Balaban J connectivity index is 1.71. The summed E-state index contributed by atoms with van der Waals surface area (Å²) < 4.78 is 41.0. The molecule has 0 spiro atoms. The lowest BCUT2D eigenvalue weighted by molar-refractivity contribution is -0.139. The van der Waals surface area contributed by atoms with Crippen molar-refractivity contribution in [2.75, 3.05) is 43.7 Å². The molecule has 0 unspecified atom stereocenters. The first-order valence-corrected chi connectivity index (χ1v) is 15.3. The van der Waals surface area contributed by atoms with E-state index >= 15 is 0 Å². The number of halogens is 4. The number of phenols is 1. The first-order chi connectivity index (χ1) is 23.5. The molecule has 2 aromatic carbocycles. The van der Waals surface area contributed by atoms with Crippen molar-refractivity contribution in [1.29, 1.82) is 5.26 Å². The van der Waals surface area contributed by atoms with E-state index in [1.165, 1.54) is 30.0 Å². The van der Waals surface area contributed by atoms with E-state index in [9.17, 15) is 52.9 Å². The van der Waals surface area contributed by atoms with Crippen molar-refractivity contribution in [1.82, 2.24) is 4.90 Å². The third-order valence-electron chi connectivity index (χ3n) is 9.49. The van der Waals surface area contributed by atoms with Gasteiger partial charge in [0.25, 0.3) is 5.91 Å². The number of nitriles is 1. The minimum Gasteiger partial charge on any atom is -0.509 e. The molecule has 11 N–H and O–H groups in total. The van der Waals surface area contributed by atoms with E-state index in [0.29, 0.717) is 6.07 Å². The Bertz CT molecular complexity index is 2060. The summed E-state index contributed by atoms with van der Waals surface area (Å²) in [6, 6.07) is 2.70. The normalized spacial score (nSPS) is 25.9. The Morgan fingerprint density at radius 1 is 1.06 bits per heavy atom. The summed E-state index contributed by atoms with van der Waals surface area (Å²) in [6.45, 7) is 0. The molecule has 2 aromatic rings. The number of carbonyl (C=O) groups excluding carboxylic acids is 4. The van der Waals surface area contributed by atoms with Gasteiger partial charge in [-0.2, -0.15) is 18.4 Å². The number of hydrogen-bond acceptors (Lipinski definition) is 12. The second-order valence-electron chi connectivity index (χ2n) is 13.1. The average Bonchev–Trinajstić information content (AvgIpc) is 2.97. The maximum Gasteiger partial charge on any atom is 0.418 e. The van der Waals surface area contributed by atoms with Gasteiger partial charge in [-0.3, -0.25) is 19.3 Å². The Labute approximate surface area is 292 Å². The van der Waals surface area contributed by atoms with Crippen LogP contribution in [0.1, 0.15) is 23.1 Å². The number of nitrogens with two attached hydrogens (primary N) is 3. The minimum absolute atomic E-state index is 0.117. The number of carbonyl (C=O) groups is 4. The summed E-state index contributed by atoms with van der Waals surface area (Å²) >= 11 is 5.72.